The van der Waals surface area contributed by atoms with E-state index in [2.05, 4.69) is 20.2 Å². The lowest BCUT2D eigenvalue weighted by Crippen LogP contribution is -2.36. The van der Waals surface area contributed by atoms with Gasteiger partial charge < -0.3 is 15.3 Å². The maximum absolute atomic E-state index is 12.3. The van der Waals surface area contributed by atoms with Gasteiger partial charge in [0.1, 0.15) is 10.8 Å². The Balaban J connectivity index is 1.20. The van der Waals surface area contributed by atoms with Gasteiger partial charge in [-0.3, -0.25) is 9.79 Å². The minimum atomic E-state index is -0.126. The highest BCUT2D eigenvalue weighted by Gasteiger charge is 2.32. The average molecular weight is 441 g/mol. The molecule has 3 heterocycles. The highest BCUT2D eigenvalue weighted by Crippen LogP contribution is 2.33. The number of para-hydroxylation sites is 1. The van der Waals surface area contributed by atoms with Gasteiger partial charge in [0, 0.05) is 18.0 Å². The summed E-state index contributed by atoms with van der Waals surface area (Å²) in [6.45, 7) is 3.16. The molecule has 0 radical (unpaired) electrons. The zero-order valence-electron chi connectivity index (χ0n) is 16.6. The molecule has 1 aromatic heterocycles. The zero-order valence-corrected chi connectivity index (χ0v) is 18.2. The van der Waals surface area contributed by atoms with Crippen LogP contribution in [0.15, 0.2) is 39.5 Å². The summed E-state index contributed by atoms with van der Waals surface area (Å²) in [5.41, 5.74) is 1.41. The number of nitrogens with one attached hydrogen (secondary N) is 1. The first-order valence-corrected chi connectivity index (χ1v) is 12.1. The molecule has 1 aliphatic carbocycles. The van der Waals surface area contributed by atoms with E-state index in [1.807, 2.05) is 17.5 Å². The Morgan fingerprint density at radius 2 is 2.03 bits per heavy atom. The molecule has 6 nitrogen and oxygen atoms in total. The van der Waals surface area contributed by atoms with Crippen LogP contribution < -0.4 is 5.32 Å². The Kier molecular flexibility index (Phi) is 5.62. The monoisotopic (exact) mass is 440 g/mol. The summed E-state index contributed by atoms with van der Waals surface area (Å²) >= 11 is 2.83. The van der Waals surface area contributed by atoms with Gasteiger partial charge in [0.15, 0.2) is 5.17 Å². The fourth-order valence-electron chi connectivity index (χ4n) is 3.92. The van der Waals surface area contributed by atoms with E-state index >= 15 is 0 Å². The van der Waals surface area contributed by atoms with Gasteiger partial charge in [0.05, 0.1) is 16.2 Å². The number of rotatable bonds is 5. The number of aromatic nitrogens is 1. The average Bonchev–Trinajstić information content (AvgIpc) is 3.41. The fourth-order valence-corrected chi connectivity index (χ4v) is 5.54. The molecule has 0 bridgehead atoms. The molecule has 8 heteroatoms. The lowest BCUT2D eigenvalue weighted by atomic mass is 9.97. The van der Waals surface area contributed by atoms with Gasteiger partial charge in [-0.1, -0.05) is 12.1 Å². The summed E-state index contributed by atoms with van der Waals surface area (Å²) in [6, 6.07) is 7.99. The van der Waals surface area contributed by atoms with E-state index < -0.39 is 0 Å². The third-order valence-electron chi connectivity index (χ3n) is 5.79. The number of likely N-dealkylation sites (tertiary alicyclic amines) is 1. The molecule has 2 saturated heterocycles. The lowest BCUT2D eigenvalue weighted by Gasteiger charge is -2.31. The molecule has 2 aliphatic heterocycles. The Bertz CT molecular complexity index is 1000. The van der Waals surface area contributed by atoms with Crippen molar-refractivity contribution in [3.8, 4) is 16.3 Å². The highest BCUT2D eigenvalue weighted by atomic mass is 32.2. The van der Waals surface area contributed by atoms with E-state index in [9.17, 15) is 9.90 Å². The molecule has 30 heavy (non-hydrogen) atoms. The minimum Gasteiger partial charge on any atom is -0.507 e. The van der Waals surface area contributed by atoms with Crippen molar-refractivity contribution in [3.63, 3.8) is 0 Å². The summed E-state index contributed by atoms with van der Waals surface area (Å²) in [5, 5.41) is 16.2. The molecule has 156 valence electrons. The number of amidine groups is 1. The van der Waals surface area contributed by atoms with Gasteiger partial charge in [0.25, 0.3) is 5.91 Å². The largest absolute Gasteiger partial charge is 0.507 e. The summed E-state index contributed by atoms with van der Waals surface area (Å²) in [5.74, 6) is 0.688. The number of aliphatic imine (C=N–C) groups is 1. The summed E-state index contributed by atoms with van der Waals surface area (Å²) < 4.78 is 0. The molecule has 3 fully saturated rings. The first kappa shape index (κ1) is 19.8. The highest BCUT2D eigenvalue weighted by molar-refractivity contribution is 8.18. The van der Waals surface area contributed by atoms with Gasteiger partial charge in [-0.05, 0) is 74.7 Å². The van der Waals surface area contributed by atoms with E-state index in [1.165, 1.54) is 61.9 Å². The predicted molar refractivity (Wildman–Crippen MR) is 123 cm³/mol. The maximum atomic E-state index is 12.3. The molecule has 3 aliphatic rings. The number of thiazole rings is 1. The van der Waals surface area contributed by atoms with Gasteiger partial charge in [-0.2, -0.15) is 0 Å². The number of carbonyl (C=O) groups is 1. The summed E-state index contributed by atoms with van der Waals surface area (Å²) in [6.07, 6.45) is 6.93. The molecule has 1 saturated carbocycles. The van der Waals surface area contributed by atoms with Crippen LogP contribution in [-0.4, -0.2) is 51.7 Å². The number of aromatic hydroxyl groups is 1. The van der Waals surface area contributed by atoms with Crippen LogP contribution in [0, 0.1) is 5.92 Å². The first-order valence-electron chi connectivity index (χ1n) is 10.4. The molecule has 0 spiro atoms. The molecule has 1 amide bonds. The molecule has 2 aromatic rings. The molecule has 2 N–H and O–H groups in total. The smallest absolute Gasteiger partial charge is 0.264 e. The first-order chi connectivity index (χ1) is 14.7. The number of nitrogens with zero attached hydrogens (tertiary/aromatic N) is 3. The van der Waals surface area contributed by atoms with Crippen LogP contribution in [0.1, 0.15) is 31.4 Å². The van der Waals surface area contributed by atoms with Crippen LogP contribution in [-0.2, 0) is 4.79 Å². The van der Waals surface area contributed by atoms with Crippen LogP contribution in [0.25, 0.3) is 16.6 Å². The number of amides is 1. The minimum absolute atomic E-state index is 0.126. The number of phenols is 1. The van der Waals surface area contributed by atoms with Gasteiger partial charge in [-0.15, -0.1) is 11.3 Å². The standard InChI is InChI=1S/C22H24N4O2S2/c27-18-4-2-1-3-17(18)21-24-15(13-29-21)11-19-20(28)25-22(30-19)23-12-14-7-9-26(10-8-14)16-5-6-16/h1-4,11,13-14,16,27H,5-10,12H2,(H,23,25,28)/b19-11+. The van der Waals surface area contributed by atoms with Crippen molar-refractivity contribution in [2.24, 2.45) is 10.9 Å². The van der Waals surface area contributed by atoms with Crippen molar-refractivity contribution in [3.05, 3.63) is 40.2 Å². The Labute approximate surface area is 184 Å². The van der Waals surface area contributed by atoms with Gasteiger partial charge in [0.2, 0.25) is 0 Å². The van der Waals surface area contributed by atoms with Crippen LogP contribution in [0.3, 0.4) is 0 Å². The number of hydrogen-bond donors (Lipinski definition) is 2. The van der Waals surface area contributed by atoms with E-state index in [1.54, 1.807) is 18.2 Å². The van der Waals surface area contributed by atoms with Crippen molar-refractivity contribution in [2.75, 3.05) is 19.6 Å². The molecular weight excluding hydrogens is 416 g/mol. The Morgan fingerprint density at radius 3 is 2.80 bits per heavy atom. The third-order valence-corrected chi connectivity index (χ3v) is 7.63. The normalized spacial score (nSPS) is 23.4. The van der Waals surface area contributed by atoms with Gasteiger partial charge in [-0.25, -0.2) is 4.98 Å². The second-order valence-electron chi connectivity index (χ2n) is 8.02. The SMILES string of the molecule is O=C1NC(=NCC2CCN(C3CC3)CC2)S/C1=C/c1csc(-c2ccccc2O)n1. The fraction of sp³-hybridized carbons (Fsp3) is 0.409. The van der Waals surface area contributed by atoms with Crippen molar-refractivity contribution >= 4 is 40.2 Å². The van der Waals surface area contributed by atoms with Crippen LogP contribution in [0.5, 0.6) is 5.75 Å². The molecule has 0 atom stereocenters. The number of thioether (sulfide) groups is 1. The van der Waals surface area contributed by atoms with E-state index in [-0.39, 0.29) is 11.7 Å². The number of benzene rings is 1. The van der Waals surface area contributed by atoms with Crippen LogP contribution in [0.2, 0.25) is 0 Å². The third kappa shape index (κ3) is 4.45. The Morgan fingerprint density at radius 1 is 1.23 bits per heavy atom. The predicted octanol–water partition coefficient (Wildman–Crippen LogP) is 3.95. The molecule has 0 unspecified atom stereocenters. The summed E-state index contributed by atoms with van der Waals surface area (Å²) in [7, 11) is 0. The van der Waals surface area contributed by atoms with E-state index in [4.69, 9.17) is 0 Å². The topological polar surface area (TPSA) is 77.8 Å². The molecule has 5 rings (SSSR count). The lowest BCUT2D eigenvalue weighted by molar-refractivity contribution is -0.115. The number of piperidine rings is 1. The number of carbonyl (C=O) groups excluding carboxylic acids is 1. The van der Waals surface area contributed by atoms with Crippen LogP contribution >= 0.6 is 23.1 Å². The van der Waals surface area contributed by atoms with Crippen LogP contribution in [0.4, 0.5) is 0 Å². The summed E-state index contributed by atoms with van der Waals surface area (Å²) in [4.78, 5) is 24.8. The van der Waals surface area contributed by atoms with Crippen molar-refractivity contribution in [2.45, 2.75) is 31.7 Å². The molecule has 1 aromatic carbocycles. The Hall–Kier alpha value is -2.16. The molecular formula is C22H24N4O2S2. The number of phenolic OH excluding ortho intramolecular Hbond substituents is 1. The van der Waals surface area contributed by atoms with Crippen molar-refractivity contribution in [1.29, 1.82) is 0 Å². The van der Waals surface area contributed by atoms with E-state index in [0.29, 0.717) is 27.2 Å². The van der Waals surface area contributed by atoms with Gasteiger partial charge >= 0.3 is 0 Å². The second kappa shape index (κ2) is 8.53. The quantitative estimate of drug-likeness (QED) is 0.689. The van der Waals surface area contributed by atoms with E-state index in [0.717, 1.165) is 17.6 Å². The van der Waals surface area contributed by atoms with Crippen molar-refractivity contribution < 1.29 is 9.90 Å². The van der Waals surface area contributed by atoms with Crippen molar-refractivity contribution in [1.82, 2.24) is 15.2 Å². The maximum Gasteiger partial charge on any atom is 0.264 e. The number of hydrogen-bond acceptors (Lipinski definition) is 7. The second-order valence-corrected chi connectivity index (χ2v) is 9.90. The zero-order chi connectivity index (χ0) is 20.5.